The molecule has 2 aromatic heterocycles. The van der Waals surface area contributed by atoms with Gasteiger partial charge in [-0.1, -0.05) is 0 Å². The van der Waals surface area contributed by atoms with Gasteiger partial charge in [0.1, 0.15) is 5.82 Å². The van der Waals surface area contributed by atoms with E-state index in [1.54, 1.807) is 15.6 Å². The highest BCUT2D eigenvalue weighted by Crippen LogP contribution is 2.42. The van der Waals surface area contributed by atoms with Gasteiger partial charge >= 0.3 is 0 Å². The van der Waals surface area contributed by atoms with E-state index in [1.807, 2.05) is 20.9 Å². The number of carbonyl (C=O) groups is 1. The molecule has 1 fully saturated rings. The van der Waals surface area contributed by atoms with Gasteiger partial charge in [-0.15, -0.1) is 0 Å². The number of carbonyl (C=O) groups excluding carboxylic acids is 1. The van der Waals surface area contributed by atoms with Crippen molar-refractivity contribution in [3.63, 3.8) is 0 Å². The Morgan fingerprint density at radius 3 is 2.68 bits per heavy atom. The third-order valence-electron chi connectivity index (χ3n) is 5.33. The Hall–Kier alpha value is -2.16. The van der Waals surface area contributed by atoms with E-state index < -0.39 is 9.84 Å². The normalized spacial score (nSPS) is 25.0. The van der Waals surface area contributed by atoms with Crippen LogP contribution in [-0.4, -0.2) is 45.4 Å². The largest absolute Gasteiger partial charge is 0.311 e. The first-order valence-electron chi connectivity index (χ1n) is 8.34. The summed E-state index contributed by atoms with van der Waals surface area (Å²) in [6.07, 6.45) is 2.68. The average molecular weight is 363 g/mol. The molecule has 2 aliphatic heterocycles. The van der Waals surface area contributed by atoms with Crippen molar-refractivity contribution in [2.24, 2.45) is 7.05 Å². The van der Waals surface area contributed by atoms with Gasteiger partial charge in [0.05, 0.1) is 29.4 Å². The zero-order valence-electron chi connectivity index (χ0n) is 14.5. The molecule has 2 aliphatic rings. The number of hydrogen-bond acceptors (Lipinski definition) is 5. The number of anilines is 1. The van der Waals surface area contributed by atoms with Crippen molar-refractivity contribution in [3.8, 4) is 0 Å². The minimum atomic E-state index is -3.03. The number of nitrogens with zero attached hydrogens (tertiary/aromatic N) is 4. The molecule has 2 aromatic rings. The van der Waals surface area contributed by atoms with Crippen LogP contribution in [0.4, 0.5) is 5.82 Å². The van der Waals surface area contributed by atoms with Crippen molar-refractivity contribution >= 4 is 21.6 Å². The second-order valence-electron chi connectivity index (χ2n) is 6.96. The topological polar surface area (TPSA) is 98.9 Å². The first-order valence-corrected chi connectivity index (χ1v) is 10.2. The number of fused-ring (bicyclic) bond motifs is 1. The van der Waals surface area contributed by atoms with Crippen molar-refractivity contribution in [2.75, 3.05) is 16.8 Å². The van der Waals surface area contributed by atoms with Gasteiger partial charge in [-0.25, -0.2) is 13.1 Å². The number of rotatable bonds is 2. The van der Waals surface area contributed by atoms with Crippen LogP contribution in [0.25, 0.3) is 0 Å². The first kappa shape index (κ1) is 16.3. The third-order valence-corrected chi connectivity index (χ3v) is 7.08. The summed E-state index contributed by atoms with van der Waals surface area (Å²) in [4.78, 5) is 12.3. The summed E-state index contributed by atoms with van der Waals surface area (Å²) in [5, 5.41) is 11.8. The van der Waals surface area contributed by atoms with Crippen molar-refractivity contribution in [1.29, 1.82) is 0 Å². The third kappa shape index (κ3) is 2.57. The van der Waals surface area contributed by atoms with Gasteiger partial charge in [0.25, 0.3) is 0 Å². The van der Waals surface area contributed by atoms with Gasteiger partial charge in [0, 0.05) is 36.2 Å². The van der Waals surface area contributed by atoms with Crippen LogP contribution < -0.4 is 5.32 Å². The van der Waals surface area contributed by atoms with Crippen LogP contribution in [0.15, 0.2) is 6.20 Å². The van der Waals surface area contributed by atoms with Crippen molar-refractivity contribution in [1.82, 2.24) is 19.6 Å². The van der Waals surface area contributed by atoms with Crippen LogP contribution in [-0.2, 0) is 21.7 Å². The Morgan fingerprint density at radius 1 is 1.32 bits per heavy atom. The maximum Gasteiger partial charge on any atom is 0.226 e. The van der Waals surface area contributed by atoms with E-state index in [-0.39, 0.29) is 29.4 Å². The molecular weight excluding hydrogens is 342 g/mol. The first-order chi connectivity index (χ1) is 11.8. The highest BCUT2D eigenvalue weighted by molar-refractivity contribution is 7.91. The number of sulfone groups is 1. The van der Waals surface area contributed by atoms with Crippen LogP contribution in [0.2, 0.25) is 0 Å². The summed E-state index contributed by atoms with van der Waals surface area (Å²) in [6, 6.07) is -0.221. The molecule has 4 rings (SSSR count). The highest BCUT2D eigenvalue weighted by atomic mass is 32.2. The van der Waals surface area contributed by atoms with E-state index in [0.717, 1.165) is 22.5 Å². The molecule has 0 aliphatic carbocycles. The Morgan fingerprint density at radius 2 is 2.08 bits per heavy atom. The average Bonchev–Trinajstić information content (AvgIpc) is 3.16. The molecule has 25 heavy (non-hydrogen) atoms. The molecule has 4 heterocycles. The zero-order chi connectivity index (χ0) is 17.9. The van der Waals surface area contributed by atoms with Crippen molar-refractivity contribution < 1.29 is 13.2 Å². The Balaban J connectivity index is 1.83. The number of amides is 1. The fourth-order valence-corrected chi connectivity index (χ4v) is 5.62. The predicted molar refractivity (Wildman–Crippen MR) is 92.3 cm³/mol. The summed E-state index contributed by atoms with van der Waals surface area (Å²) in [6.45, 7) is 3.90. The smallest absolute Gasteiger partial charge is 0.226 e. The molecule has 1 amide bonds. The fourth-order valence-electron chi connectivity index (χ4n) is 3.93. The number of nitrogens with one attached hydrogen (secondary N) is 1. The fraction of sp³-hybridized carbons (Fsp3) is 0.562. The lowest BCUT2D eigenvalue weighted by Crippen LogP contribution is -2.26. The minimum Gasteiger partial charge on any atom is -0.311 e. The van der Waals surface area contributed by atoms with E-state index in [4.69, 9.17) is 0 Å². The maximum absolute atomic E-state index is 12.3. The molecule has 134 valence electrons. The van der Waals surface area contributed by atoms with Crippen LogP contribution in [0.5, 0.6) is 0 Å². The lowest BCUT2D eigenvalue weighted by atomic mass is 9.86. The molecular formula is C16H21N5O3S. The van der Waals surface area contributed by atoms with Gasteiger partial charge in [0.15, 0.2) is 9.84 Å². The van der Waals surface area contributed by atoms with E-state index in [9.17, 15) is 13.2 Å². The molecule has 9 heteroatoms. The summed E-state index contributed by atoms with van der Waals surface area (Å²) in [7, 11) is -1.15. The van der Waals surface area contributed by atoms with E-state index in [2.05, 4.69) is 15.5 Å². The summed E-state index contributed by atoms with van der Waals surface area (Å²) >= 11 is 0. The van der Waals surface area contributed by atoms with Gasteiger partial charge in [-0.3, -0.25) is 9.48 Å². The molecule has 0 unspecified atom stereocenters. The summed E-state index contributed by atoms with van der Waals surface area (Å²) in [5.74, 6) is 0.702. The molecule has 0 spiro atoms. The van der Waals surface area contributed by atoms with Gasteiger partial charge < -0.3 is 5.32 Å². The predicted octanol–water partition coefficient (Wildman–Crippen LogP) is 1.07. The number of aryl methyl sites for hydroxylation is 2. The van der Waals surface area contributed by atoms with Crippen molar-refractivity contribution in [3.05, 3.63) is 28.7 Å². The zero-order valence-corrected chi connectivity index (χ0v) is 15.3. The molecule has 0 saturated carbocycles. The van der Waals surface area contributed by atoms with E-state index in [1.165, 1.54) is 0 Å². The quantitative estimate of drug-likeness (QED) is 0.860. The monoisotopic (exact) mass is 363 g/mol. The summed E-state index contributed by atoms with van der Waals surface area (Å²) < 4.78 is 27.2. The molecule has 1 saturated heterocycles. The standard InChI is InChI=1S/C16H21N5O3S/c1-9-15-12(13-7-17-20(3)10(13)2)6-14(22)18-16(15)21(19-9)11-4-5-25(23,24)8-11/h7,11-12H,4-6,8H2,1-3H3,(H,18,22)/t11-,12+/m0/s1. The van der Waals surface area contributed by atoms with Gasteiger partial charge in [-0.05, 0) is 20.3 Å². The van der Waals surface area contributed by atoms with Crippen molar-refractivity contribution in [2.45, 2.75) is 38.6 Å². The van der Waals surface area contributed by atoms with Crippen LogP contribution in [0, 0.1) is 13.8 Å². The molecule has 0 bridgehead atoms. The Bertz CT molecular complexity index is 972. The Kier molecular flexibility index (Phi) is 3.54. The van der Waals surface area contributed by atoms with Gasteiger partial charge in [0.2, 0.25) is 5.91 Å². The van der Waals surface area contributed by atoms with Gasteiger partial charge in [-0.2, -0.15) is 10.2 Å². The maximum atomic E-state index is 12.3. The van der Waals surface area contributed by atoms with Crippen LogP contribution >= 0.6 is 0 Å². The SMILES string of the molecule is Cc1nn([C@H]2CCS(=O)(=O)C2)c2c1[C@@H](c1cnn(C)c1C)CC(=O)N2. The molecule has 1 N–H and O–H groups in total. The molecule has 0 aromatic carbocycles. The second-order valence-corrected chi connectivity index (χ2v) is 9.19. The minimum absolute atomic E-state index is 0.0764. The highest BCUT2D eigenvalue weighted by Gasteiger charge is 2.38. The molecule has 0 radical (unpaired) electrons. The van der Waals surface area contributed by atoms with Crippen LogP contribution in [0.1, 0.15) is 47.3 Å². The second kappa shape index (κ2) is 5.42. The van der Waals surface area contributed by atoms with E-state index >= 15 is 0 Å². The molecule has 2 atom stereocenters. The van der Waals surface area contributed by atoms with E-state index in [0.29, 0.717) is 18.7 Å². The van der Waals surface area contributed by atoms with Crippen LogP contribution in [0.3, 0.4) is 0 Å². The number of aromatic nitrogens is 4. The number of hydrogen-bond donors (Lipinski definition) is 1. The lowest BCUT2D eigenvalue weighted by Gasteiger charge is -2.25. The lowest BCUT2D eigenvalue weighted by molar-refractivity contribution is -0.116. The summed E-state index contributed by atoms with van der Waals surface area (Å²) in [5.41, 5.74) is 3.83. The molecule has 8 nitrogen and oxygen atoms in total. The Labute approximate surface area is 146 Å².